The molecule has 1 heteroatoms. The summed E-state index contributed by atoms with van der Waals surface area (Å²) in [6.07, 6.45) is 0. The summed E-state index contributed by atoms with van der Waals surface area (Å²) in [6.45, 7) is 0. The normalized spacial score (nSPS) is 11.8. The van der Waals surface area contributed by atoms with E-state index in [2.05, 4.69) is 121 Å². The van der Waals surface area contributed by atoms with Crippen LogP contribution in [0.15, 0.2) is 138 Å². The van der Waals surface area contributed by atoms with E-state index in [4.69, 9.17) is 4.42 Å². The van der Waals surface area contributed by atoms with Crippen LogP contribution in [0.2, 0.25) is 0 Å². The van der Waals surface area contributed by atoms with Crippen molar-refractivity contribution < 1.29 is 4.42 Å². The molecule has 1 nitrogen and oxygen atoms in total. The molecule has 0 aliphatic rings. The summed E-state index contributed by atoms with van der Waals surface area (Å²) in [7, 11) is 0. The Morgan fingerprint density at radius 1 is 0.351 bits per heavy atom. The highest BCUT2D eigenvalue weighted by atomic mass is 16.3. The standard InChI is InChI=1S/C36H22O/c1-2-8-28-24(7-1)17-18-27-22-32(29-9-3-4-11-31(29)36(27)28)25-15-13-23(14-16-25)26-19-20-35-33(21-26)30-10-5-6-12-34(30)37-35/h1-22H. The fraction of sp³-hybridized carbons (Fsp3) is 0. The second kappa shape index (κ2) is 7.81. The molecule has 8 rings (SSSR count). The summed E-state index contributed by atoms with van der Waals surface area (Å²) < 4.78 is 6.02. The third-order valence-electron chi connectivity index (χ3n) is 7.65. The van der Waals surface area contributed by atoms with Crippen molar-refractivity contribution in [2.24, 2.45) is 0 Å². The van der Waals surface area contributed by atoms with E-state index in [1.165, 1.54) is 54.6 Å². The molecule has 0 spiro atoms. The van der Waals surface area contributed by atoms with Crippen molar-refractivity contribution in [2.45, 2.75) is 0 Å². The lowest BCUT2D eigenvalue weighted by molar-refractivity contribution is 0.669. The van der Waals surface area contributed by atoms with Gasteiger partial charge in [-0.15, -0.1) is 0 Å². The molecule has 0 atom stereocenters. The molecule has 0 saturated carbocycles. The van der Waals surface area contributed by atoms with Crippen molar-refractivity contribution >= 4 is 54.3 Å². The lowest BCUT2D eigenvalue weighted by Crippen LogP contribution is -1.86. The Hall–Kier alpha value is -4.88. The molecular formula is C36H22O. The van der Waals surface area contributed by atoms with Crippen LogP contribution in [0.25, 0.3) is 76.5 Å². The molecule has 0 bridgehead atoms. The van der Waals surface area contributed by atoms with Gasteiger partial charge in [0.1, 0.15) is 11.2 Å². The quantitative estimate of drug-likeness (QED) is 0.229. The smallest absolute Gasteiger partial charge is 0.135 e. The van der Waals surface area contributed by atoms with Gasteiger partial charge in [-0.3, -0.25) is 0 Å². The Labute approximate surface area is 214 Å². The van der Waals surface area contributed by atoms with Gasteiger partial charge in [0.05, 0.1) is 0 Å². The van der Waals surface area contributed by atoms with Crippen LogP contribution in [0.1, 0.15) is 0 Å². The maximum atomic E-state index is 6.02. The largest absolute Gasteiger partial charge is 0.456 e. The molecule has 0 unspecified atom stereocenters. The molecule has 1 heterocycles. The van der Waals surface area contributed by atoms with Crippen LogP contribution in [-0.2, 0) is 0 Å². The summed E-state index contributed by atoms with van der Waals surface area (Å²) >= 11 is 0. The maximum Gasteiger partial charge on any atom is 0.135 e. The van der Waals surface area contributed by atoms with Crippen molar-refractivity contribution in [3.63, 3.8) is 0 Å². The van der Waals surface area contributed by atoms with E-state index in [-0.39, 0.29) is 0 Å². The zero-order chi connectivity index (χ0) is 24.3. The van der Waals surface area contributed by atoms with Crippen LogP contribution < -0.4 is 0 Å². The SMILES string of the molecule is c1ccc2c(c1)ccc1cc(-c3ccc(-c4ccc5oc6ccccc6c5c4)cc3)c3ccccc3c12. The zero-order valence-corrected chi connectivity index (χ0v) is 20.1. The van der Waals surface area contributed by atoms with Gasteiger partial charge in [-0.05, 0) is 78.8 Å². The average molecular weight is 471 g/mol. The van der Waals surface area contributed by atoms with Gasteiger partial charge >= 0.3 is 0 Å². The monoisotopic (exact) mass is 470 g/mol. The first-order valence-corrected chi connectivity index (χ1v) is 12.7. The van der Waals surface area contributed by atoms with E-state index in [1.54, 1.807) is 0 Å². The van der Waals surface area contributed by atoms with Crippen LogP contribution in [-0.4, -0.2) is 0 Å². The van der Waals surface area contributed by atoms with Crippen LogP contribution >= 0.6 is 0 Å². The van der Waals surface area contributed by atoms with Gasteiger partial charge in [0.2, 0.25) is 0 Å². The Bertz CT molecular complexity index is 2130. The molecule has 0 aliphatic heterocycles. The van der Waals surface area contributed by atoms with Crippen LogP contribution in [0.3, 0.4) is 0 Å². The highest BCUT2D eigenvalue weighted by Crippen LogP contribution is 2.39. The summed E-state index contributed by atoms with van der Waals surface area (Å²) in [5.74, 6) is 0. The lowest BCUT2D eigenvalue weighted by Gasteiger charge is -2.13. The Morgan fingerprint density at radius 2 is 0.973 bits per heavy atom. The van der Waals surface area contributed by atoms with E-state index in [1.807, 2.05) is 12.1 Å². The van der Waals surface area contributed by atoms with Gasteiger partial charge in [-0.25, -0.2) is 0 Å². The number of rotatable bonds is 2. The minimum atomic E-state index is 0.928. The van der Waals surface area contributed by atoms with Crippen LogP contribution in [0.4, 0.5) is 0 Å². The molecule has 0 saturated heterocycles. The van der Waals surface area contributed by atoms with Crippen LogP contribution in [0, 0.1) is 0 Å². The molecule has 1 aromatic heterocycles. The minimum Gasteiger partial charge on any atom is -0.456 e. The average Bonchev–Trinajstić information content (AvgIpc) is 3.34. The molecular weight excluding hydrogens is 448 g/mol. The summed E-state index contributed by atoms with van der Waals surface area (Å²) in [5, 5.41) is 10.1. The number of hydrogen-bond donors (Lipinski definition) is 0. The van der Waals surface area contributed by atoms with Gasteiger partial charge in [0.15, 0.2) is 0 Å². The van der Waals surface area contributed by atoms with Gasteiger partial charge in [-0.2, -0.15) is 0 Å². The molecule has 7 aromatic carbocycles. The summed E-state index contributed by atoms with van der Waals surface area (Å²) in [4.78, 5) is 0. The van der Waals surface area contributed by atoms with Crippen molar-refractivity contribution in [3.05, 3.63) is 133 Å². The number of para-hydroxylation sites is 1. The van der Waals surface area contributed by atoms with E-state index in [0.29, 0.717) is 0 Å². The second-order valence-electron chi connectivity index (χ2n) is 9.74. The third kappa shape index (κ3) is 3.11. The molecule has 0 amide bonds. The highest BCUT2D eigenvalue weighted by molar-refractivity contribution is 6.23. The third-order valence-corrected chi connectivity index (χ3v) is 7.65. The van der Waals surface area contributed by atoms with Crippen molar-refractivity contribution in [1.29, 1.82) is 0 Å². The summed E-state index contributed by atoms with van der Waals surface area (Å²) in [5.41, 5.74) is 6.75. The summed E-state index contributed by atoms with van der Waals surface area (Å²) in [6, 6.07) is 48.0. The first kappa shape index (κ1) is 20.3. The van der Waals surface area contributed by atoms with E-state index in [9.17, 15) is 0 Å². The molecule has 8 aromatic rings. The molecule has 172 valence electrons. The maximum absolute atomic E-state index is 6.02. The number of furan rings is 1. The van der Waals surface area contributed by atoms with E-state index >= 15 is 0 Å². The fourth-order valence-corrected chi connectivity index (χ4v) is 5.87. The van der Waals surface area contributed by atoms with Gasteiger partial charge in [0, 0.05) is 10.8 Å². The number of fused-ring (bicyclic) bond motifs is 8. The topological polar surface area (TPSA) is 13.1 Å². The van der Waals surface area contributed by atoms with Gasteiger partial charge in [-0.1, -0.05) is 109 Å². The number of benzene rings is 7. The zero-order valence-electron chi connectivity index (χ0n) is 20.1. The predicted molar refractivity (Wildman–Crippen MR) is 157 cm³/mol. The van der Waals surface area contributed by atoms with E-state index < -0.39 is 0 Å². The Balaban J connectivity index is 1.28. The lowest BCUT2D eigenvalue weighted by atomic mass is 9.90. The molecule has 37 heavy (non-hydrogen) atoms. The van der Waals surface area contributed by atoms with Crippen molar-refractivity contribution in [1.82, 2.24) is 0 Å². The molecule has 0 fully saturated rings. The minimum absolute atomic E-state index is 0.928. The highest BCUT2D eigenvalue weighted by Gasteiger charge is 2.12. The Kier molecular flexibility index (Phi) is 4.29. The fourth-order valence-electron chi connectivity index (χ4n) is 5.87. The first-order chi connectivity index (χ1) is 18.3. The van der Waals surface area contributed by atoms with Crippen LogP contribution in [0.5, 0.6) is 0 Å². The van der Waals surface area contributed by atoms with Gasteiger partial charge in [0.25, 0.3) is 0 Å². The molecule has 0 radical (unpaired) electrons. The number of hydrogen-bond acceptors (Lipinski definition) is 1. The van der Waals surface area contributed by atoms with Gasteiger partial charge < -0.3 is 4.42 Å². The van der Waals surface area contributed by atoms with Crippen molar-refractivity contribution in [2.75, 3.05) is 0 Å². The van der Waals surface area contributed by atoms with Crippen molar-refractivity contribution in [3.8, 4) is 22.3 Å². The Morgan fingerprint density at radius 3 is 1.84 bits per heavy atom. The predicted octanol–water partition coefficient (Wildman–Crippen LogP) is 10.4. The molecule has 0 aliphatic carbocycles. The molecule has 0 N–H and O–H groups in total. The second-order valence-corrected chi connectivity index (χ2v) is 9.74. The van der Waals surface area contributed by atoms with E-state index in [0.717, 1.165) is 21.9 Å². The first-order valence-electron chi connectivity index (χ1n) is 12.7.